The molecule has 3 rings (SSSR count). The lowest BCUT2D eigenvalue weighted by atomic mass is 9.95. The molecule has 0 saturated heterocycles. The number of aryl methyl sites for hydroxylation is 2. The summed E-state index contributed by atoms with van der Waals surface area (Å²) in [6.45, 7) is 10.4. The zero-order chi connectivity index (χ0) is 17.5. The third-order valence-corrected chi connectivity index (χ3v) is 5.97. The standard InChI is InChI=1S/C19H27N3OS/c1-11-14-12(2)20-18(19(3,4)5)22-17(14)24-15(11)16(23)21-13-9-7-6-8-10-13/h13H,6-10H2,1-5H3,(H,21,23). The molecule has 24 heavy (non-hydrogen) atoms. The predicted octanol–water partition coefficient (Wildman–Crippen LogP) is 4.67. The molecule has 0 aliphatic heterocycles. The van der Waals surface area contributed by atoms with Gasteiger partial charge in [-0.3, -0.25) is 4.79 Å². The van der Waals surface area contributed by atoms with Gasteiger partial charge in [0.15, 0.2) is 0 Å². The van der Waals surface area contributed by atoms with Crippen molar-refractivity contribution in [2.24, 2.45) is 0 Å². The summed E-state index contributed by atoms with van der Waals surface area (Å²) in [6, 6.07) is 0.327. The maximum Gasteiger partial charge on any atom is 0.261 e. The summed E-state index contributed by atoms with van der Waals surface area (Å²) in [6.07, 6.45) is 5.93. The van der Waals surface area contributed by atoms with Gasteiger partial charge in [-0.1, -0.05) is 40.0 Å². The molecule has 4 nitrogen and oxygen atoms in total. The van der Waals surface area contributed by atoms with Crippen LogP contribution in [0.25, 0.3) is 10.2 Å². The summed E-state index contributed by atoms with van der Waals surface area (Å²) >= 11 is 1.50. The highest BCUT2D eigenvalue weighted by Crippen LogP contribution is 2.33. The van der Waals surface area contributed by atoms with E-state index in [0.717, 1.165) is 45.0 Å². The van der Waals surface area contributed by atoms with Crippen LogP contribution in [0.1, 0.15) is 79.6 Å². The van der Waals surface area contributed by atoms with E-state index in [1.807, 2.05) is 13.8 Å². The minimum atomic E-state index is -0.0959. The van der Waals surface area contributed by atoms with Crippen molar-refractivity contribution in [3.05, 3.63) is 22.0 Å². The molecule has 1 aliphatic carbocycles. The van der Waals surface area contributed by atoms with E-state index in [-0.39, 0.29) is 11.3 Å². The van der Waals surface area contributed by atoms with Gasteiger partial charge in [0.25, 0.3) is 5.91 Å². The lowest BCUT2D eigenvalue weighted by Gasteiger charge is -2.22. The van der Waals surface area contributed by atoms with Crippen LogP contribution >= 0.6 is 11.3 Å². The van der Waals surface area contributed by atoms with E-state index in [4.69, 9.17) is 4.98 Å². The highest BCUT2D eigenvalue weighted by atomic mass is 32.1. The van der Waals surface area contributed by atoms with Crippen LogP contribution in [0.2, 0.25) is 0 Å². The second kappa shape index (κ2) is 6.43. The van der Waals surface area contributed by atoms with E-state index in [2.05, 4.69) is 31.1 Å². The fraction of sp³-hybridized carbons (Fsp3) is 0.632. The zero-order valence-corrected chi connectivity index (χ0v) is 16.1. The SMILES string of the molecule is Cc1nc(C(C)(C)C)nc2sc(C(=O)NC3CCCCC3)c(C)c12. The molecule has 1 aliphatic rings. The van der Waals surface area contributed by atoms with Crippen molar-refractivity contribution in [3.63, 3.8) is 0 Å². The van der Waals surface area contributed by atoms with Crippen LogP contribution in [0, 0.1) is 13.8 Å². The molecule has 2 aromatic rings. The third-order valence-electron chi connectivity index (χ3n) is 4.79. The van der Waals surface area contributed by atoms with Crippen molar-refractivity contribution in [2.45, 2.75) is 78.2 Å². The number of carbonyl (C=O) groups is 1. The van der Waals surface area contributed by atoms with E-state index in [1.165, 1.54) is 30.6 Å². The molecule has 0 bridgehead atoms. The molecule has 2 heterocycles. The van der Waals surface area contributed by atoms with Crippen LogP contribution in [0.5, 0.6) is 0 Å². The molecule has 0 spiro atoms. The van der Waals surface area contributed by atoms with E-state index in [1.54, 1.807) is 0 Å². The molecular weight excluding hydrogens is 318 g/mol. The quantitative estimate of drug-likeness (QED) is 0.860. The van der Waals surface area contributed by atoms with Crippen LogP contribution in [0.3, 0.4) is 0 Å². The van der Waals surface area contributed by atoms with Gasteiger partial charge in [0.1, 0.15) is 10.7 Å². The smallest absolute Gasteiger partial charge is 0.261 e. The average molecular weight is 346 g/mol. The maximum absolute atomic E-state index is 12.7. The summed E-state index contributed by atoms with van der Waals surface area (Å²) in [5.41, 5.74) is 1.89. The Morgan fingerprint density at radius 2 is 1.79 bits per heavy atom. The number of rotatable bonds is 2. The number of amides is 1. The second-order valence-corrected chi connectivity index (χ2v) is 8.93. The number of carbonyl (C=O) groups excluding carboxylic acids is 1. The monoisotopic (exact) mass is 345 g/mol. The van der Waals surface area contributed by atoms with Crippen molar-refractivity contribution in [2.75, 3.05) is 0 Å². The van der Waals surface area contributed by atoms with Crippen molar-refractivity contribution in [1.29, 1.82) is 0 Å². The fourth-order valence-electron chi connectivity index (χ4n) is 3.39. The Balaban J connectivity index is 1.95. The Morgan fingerprint density at radius 3 is 2.42 bits per heavy atom. The molecule has 1 N–H and O–H groups in total. The minimum Gasteiger partial charge on any atom is -0.349 e. The summed E-state index contributed by atoms with van der Waals surface area (Å²) < 4.78 is 0. The Hall–Kier alpha value is -1.49. The number of nitrogens with one attached hydrogen (secondary N) is 1. The number of fused-ring (bicyclic) bond motifs is 1. The molecule has 0 aromatic carbocycles. The van der Waals surface area contributed by atoms with Crippen LogP contribution in [0.15, 0.2) is 0 Å². The highest BCUT2D eigenvalue weighted by molar-refractivity contribution is 7.20. The molecule has 5 heteroatoms. The van der Waals surface area contributed by atoms with Crippen LogP contribution in [0.4, 0.5) is 0 Å². The highest BCUT2D eigenvalue weighted by Gasteiger charge is 2.24. The van der Waals surface area contributed by atoms with Gasteiger partial charge in [-0.15, -0.1) is 11.3 Å². The molecule has 1 fully saturated rings. The topological polar surface area (TPSA) is 54.9 Å². The number of thiophene rings is 1. The normalized spacial score (nSPS) is 16.5. The minimum absolute atomic E-state index is 0.0547. The van der Waals surface area contributed by atoms with Gasteiger partial charge in [0.05, 0.1) is 10.6 Å². The van der Waals surface area contributed by atoms with Gasteiger partial charge in [0.2, 0.25) is 0 Å². The lowest BCUT2D eigenvalue weighted by Crippen LogP contribution is -2.36. The summed E-state index contributed by atoms with van der Waals surface area (Å²) in [5, 5.41) is 4.27. The molecule has 1 saturated carbocycles. The first kappa shape index (κ1) is 17.3. The Labute approximate surface area is 148 Å². The number of hydrogen-bond acceptors (Lipinski definition) is 4. The Bertz CT molecular complexity index is 767. The maximum atomic E-state index is 12.7. The van der Waals surface area contributed by atoms with E-state index in [0.29, 0.717) is 6.04 Å². The van der Waals surface area contributed by atoms with Gasteiger partial charge in [-0.2, -0.15) is 0 Å². The van der Waals surface area contributed by atoms with Gasteiger partial charge in [0, 0.05) is 16.8 Å². The van der Waals surface area contributed by atoms with Gasteiger partial charge in [-0.05, 0) is 32.3 Å². The van der Waals surface area contributed by atoms with Crippen LogP contribution in [-0.2, 0) is 5.41 Å². The number of nitrogens with zero attached hydrogens (tertiary/aromatic N) is 2. The first-order chi connectivity index (χ1) is 11.3. The number of hydrogen-bond donors (Lipinski definition) is 1. The van der Waals surface area contributed by atoms with E-state index in [9.17, 15) is 4.79 Å². The van der Waals surface area contributed by atoms with Crippen molar-refractivity contribution < 1.29 is 4.79 Å². The van der Waals surface area contributed by atoms with Gasteiger partial charge in [-0.25, -0.2) is 9.97 Å². The molecule has 1 amide bonds. The second-order valence-electron chi connectivity index (χ2n) is 7.93. The summed E-state index contributed by atoms with van der Waals surface area (Å²) in [5.74, 6) is 0.895. The van der Waals surface area contributed by atoms with Crippen molar-refractivity contribution in [3.8, 4) is 0 Å². The first-order valence-electron chi connectivity index (χ1n) is 8.86. The molecule has 130 valence electrons. The Morgan fingerprint density at radius 1 is 1.12 bits per heavy atom. The molecule has 0 unspecified atom stereocenters. The summed E-state index contributed by atoms with van der Waals surface area (Å²) in [4.78, 5) is 23.9. The molecule has 2 aromatic heterocycles. The molecular formula is C19H27N3OS. The van der Waals surface area contributed by atoms with E-state index >= 15 is 0 Å². The first-order valence-corrected chi connectivity index (χ1v) is 9.68. The number of aromatic nitrogens is 2. The van der Waals surface area contributed by atoms with Crippen molar-refractivity contribution >= 4 is 27.5 Å². The lowest BCUT2D eigenvalue weighted by molar-refractivity contribution is 0.0931. The average Bonchev–Trinajstić information content (AvgIpc) is 2.85. The largest absolute Gasteiger partial charge is 0.349 e. The van der Waals surface area contributed by atoms with Crippen LogP contribution < -0.4 is 5.32 Å². The zero-order valence-electron chi connectivity index (χ0n) is 15.3. The summed E-state index contributed by atoms with van der Waals surface area (Å²) in [7, 11) is 0. The predicted molar refractivity (Wildman–Crippen MR) is 99.9 cm³/mol. The van der Waals surface area contributed by atoms with Crippen molar-refractivity contribution in [1.82, 2.24) is 15.3 Å². The van der Waals surface area contributed by atoms with Crippen LogP contribution in [-0.4, -0.2) is 21.9 Å². The molecule has 0 atom stereocenters. The van der Waals surface area contributed by atoms with Gasteiger partial charge >= 0.3 is 0 Å². The fourth-order valence-corrected chi connectivity index (χ4v) is 4.52. The van der Waals surface area contributed by atoms with Gasteiger partial charge < -0.3 is 5.32 Å². The van der Waals surface area contributed by atoms with E-state index < -0.39 is 0 Å². The Kier molecular flexibility index (Phi) is 4.65. The third kappa shape index (κ3) is 3.32. The molecule has 0 radical (unpaired) electrons.